The number of carbonyl (C=O) groups is 1. The first kappa shape index (κ1) is 20.9. The van der Waals surface area contributed by atoms with E-state index in [2.05, 4.69) is 35.1 Å². The molecular weight excluding hydrogens is 394 g/mol. The van der Waals surface area contributed by atoms with E-state index in [0.29, 0.717) is 12.0 Å². The van der Waals surface area contributed by atoms with E-state index in [9.17, 15) is 9.59 Å². The van der Waals surface area contributed by atoms with E-state index in [1.807, 2.05) is 24.3 Å². The number of esters is 1. The standard InChI is InChI=1S/C24H27N3O4/c1-24(2)9-6-17-12-15(4-5-20(17)31-24)13-19-22(23(29)27-26-19)18(14-21(28)30-3)16-7-10-25-11-8-16/h4-5,7-8,10-12,18H,6,9,13-14H2,1-3H3,(H2,26,27,29). The molecule has 0 radical (unpaired) electrons. The molecule has 3 aromatic rings. The fraction of sp³-hybridized carbons (Fsp3) is 0.375. The molecule has 0 aliphatic carbocycles. The number of nitrogens with one attached hydrogen (secondary N) is 2. The second-order valence-corrected chi connectivity index (χ2v) is 8.57. The van der Waals surface area contributed by atoms with Crippen LogP contribution in [0.15, 0.2) is 47.5 Å². The average Bonchev–Trinajstić information content (AvgIpc) is 3.11. The number of fused-ring (bicyclic) bond motifs is 1. The highest BCUT2D eigenvalue weighted by Crippen LogP contribution is 2.34. The Labute approximate surface area is 180 Å². The molecule has 2 aromatic heterocycles. The summed E-state index contributed by atoms with van der Waals surface area (Å²) in [5, 5.41) is 5.72. The molecule has 2 N–H and O–H groups in total. The molecule has 31 heavy (non-hydrogen) atoms. The van der Waals surface area contributed by atoms with Gasteiger partial charge in [-0.15, -0.1) is 0 Å². The number of nitrogens with zero attached hydrogens (tertiary/aromatic N) is 1. The summed E-state index contributed by atoms with van der Waals surface area (Å²) in [5.41, 5.74) is 4.01. The van der Waals surface area contributed by atoms with E-state index < -0.39 is 5.92 Å². The number of H-pyrrole nitrogens is 2. The number of aryl methyl sites for hydroxylation is 1. The molecule has 7 nitrogen and oxygen atoms in total. The SMILES string of the molecule is COC(=O)CC(c1ccncc1)c1c(Cc2ccc3c(c2)CCC(C)(C)O3)[nH][nH]c1=O. The van der Waals surface area contributed by atoms with Crippen LogP contribution in [0.1, 0.15) is 60.6 Å². The maximum Gasteiger partial charge on any atom is 0.306 e. The molecule has 0 spiro atoms. The number of pyridine rings is 1. The van der Waals surface area contributed by atoms with Crippen LogP contribution in [-0.2, 0) is 22.4 Å². The van der Waals surface area contributed by atoms with Crippen LogP contribution in [0, 0.1) is 0 Å². The Balaban J connectivity index is 1.67. The lowest BCUT2D eigenvalue weighted by molar-refractivity contribution is -0.140. The number of benzene rings is 1. The molecule has 4 rings (SSSR count). The largest absolute Gasteiger partial charge is 0.488 e. The van der Waals surface area contributed by atoms with Gasteiger partial charge in [-0.1, -0.05) is 12.1 Å². The highest BCUT2D eigenvalue weighted by molar-refractivity contribution is 5.71. The van der Waals surface area contributed by atoms with Gasteiger partial charge in [0.15, 0.2) is 0 Å². The highest BCUT2D eigenvalue weighted by Gasteiger charge is 2.28. The van der Waals surface area contributed by atoms with Crippen LogP contribution in [0.25, 0.3) is 0 Å². The first-order chi connectivity index (χ1) is 14.9. The number of aromatic amines is 2. The minimum atomic E-state index is -0.429. The first-order valence-electron chi connectivity index (χ1n) is 10.4. The zero-order chi connectivity index (χ0) is 22.0. The predicted molar refractivity (Wildman–Crippen MR) is 116 cm³/mol. The van der Waals surface area contributed by atoms with Crippen molar-refractivity contribution in [3.05, 3.63) is 81.0 Å². The smallest absolute Gasteiger partial charge is 0.306 e. The molecule has 7 heteroatoms. The van der Waals surface area contributed by atoms with Gasteiger partial charge in [0.1, 0.15) is 11.4 Å². The minimum absolute atomic E-state index is 0.0710. The van der Waals surface area contributed by atoms with Crippen molar-refractivity contribution in [2.24, 2.45) is 0 Å². The van der Waals surface area contributed by atoms with E-state index >= 15 is 0 Å². The van der Waals surface area contributed by atoms with Crippen LogP contribution in [0.4, 0.5) is 0 Å². The maximum atomic E-state index is 12.7. The Morgan fingerprint density at radius 3 is 2.74 bits per heavy atom. The second kappa shape index (κ2) is 8.41. The molecule has 0 fully saturated rings. The van der Waals surface area contributed by atoms with Gasteiger partial charge in [-0.3, -0.25) is 19.7 Å². The van der Waals surface area contributed by atoms with Crippen molar-refractivity contribution >= 4 is 5.97 Å². The summed E-state index contributed by atoms with van der Waals surface area (Å²) in [6, 6.07) is 9.81. The Hall–Kier alpha value is -3.35. The maximum absolute atomic E-state index is 12.7. The Morgan fingerprint density at radius 2 is 2.00 bits per heavy atom. The van der Waals surface area contributed by atoms with Crippen molar-refractivity contribution in [2.45, 2.75) is 51.0 Å². The molecule has 162 valence electrons. The summed E-state index contributed by atoms with van der Waals surface area (Å²) in [6.07, 6.45) is 5.83. The van der Waals surface area contributed by atoms with Crippen LogP contribution in [0.2, 0.25) is 0 Å². The van der Waals surface area contributed by atoms with E-state index in [4.69, 9.17) is 9.47 Å². The van der Waals surface area contributed by atoms with E-state index in [1.165, 1.54) is 12.7 Å². The van der Waals surface area contributed by atoms with Gasteiger partial charge in [-0.05, 0) is 61.6 Å². The fourth-order valence-corrected chi connectivity index (χ4v) is 4.17. The van der Waals surface area contributed by atoms with Crippen molar-refractivity contribution in [2.75, 3.05) is 7.11 Å². The number of rotatable bonds is 6. The zero-order valence-corrected chi connectivity index (χ0v) is 18.0. The van der Waals surface area contributed by atoms with Crippen molar-refractivity contribution in [1.82, 2.24) is 15.2 Å². The lowest BCUT2D eigenvalue weighted by Crippen LogP contribution is -2.32. The van der Waals surface area contributed by atoms with Crippen LogP contribution in [0.5, 0.6) is 5.75 Å². The van der Waals surface area contributed by atoms with E-state index in [-0.39, 0.29) is 23.6 Å². The summed E-state index contributed by atoms with van der Waals surface area (Å²) >= 11 is 0. The van der Waals surface area contributed by atoms with Gasteiger partial charge in [-0.25, -0.2) is 0 Å². The van der Waals surface area contributed by atoms with Gasteiger partial charge in [0.05, 0.1) is 13.5 Å². The molecule has 3 heterocycles. The Morgan fingerprint density at radius 1 is 1.23 bits per heavy atom. The summed E-state index contributed by atoms with van der Waals surface area (Å²) in [5.74, 6) is 0.118. The molecular formula is C24H27N3O4. The minimum Gasteiger partial charge on any atom is -0.488 e. The highest BCUT2D eigenvalue weighted by atomic mass is 16.5. The summed E-state index contributed by atoms with van der Waals surface area (Å²) < 4.78 is 11.0. The third kappa shape index (κ3) is 4.55. The van der Waals surface area contributed by atoms with Crippen molar-refractivity contribution in [3.8, 4) is 5.75 Å². The van der Waals surface area contributed by atoms with E-state index in [0.717, 1.165) is 35.4 Å². The third-order valence-electron chi connectivity index (χ3n) is 5.84. The molecule has 0 amide bonds. The van der Waals surface area contributed by atoms with Crippen LogP contribution < -0.4 is 10.3 Å². The van der Waals surface area contributed by atoms with Crippen molar-refractivity contribution < 1.29 is 14.3 Å². The molecule has 1 unspecified atom stereocenters. The van der Waals surface area contributed by atoms with Gasteiger partial charge in [0, 0.05) is 36.0 Å². The van der Waals surface area contributed by atoms with Gasteiger partial charge in [-0.2, -0.15) is 0 Å². The quantitative estimate of drug-likeness (QED) is 0.594. The first-order valence-corrected chi connectivity index (χ1v) is 10.4. The zero-order valence-electron chi connectivity index (χ0n) is 18.0. The normalized spacial score (nSPS) is 15.6. The summed E-state index contributed by atoms with van der Waals surface area (Å²) in [7, 11) is 1.35. The molecule has 0 saturated carbocycles. The van der Waals surface area contributed by atoms with Crippen LogP contribution >= 0.6 is 0 Å². The number of carbonyl (C=O) groups excluding carboxylic acids is 1. The number of methoxy groups -OCH3 is 1. The fourth-order valence-electron chi connectivity index (χ4n) is 4.17. The molecule has 0 saturated heterocycles. The summed E-state index contributed by atoms with van der Waals surface area (Å²) in [4.78, 5) is 28.9. The number of ether oxygens (including phenoxy) is 2. The monoisotopic (exact) mass is 421 g/mol. The number of hydrogen-bond acceptors (Lipinski definition) is 5. The molecule has 0 bridgehead atoms. The van der Waals surface area contributed by atoms with Crippen LogP contribution in [-0.4, -0.2) is 33.9 Å². The summed E-state index contributed by atoms with van der Waals surface area (Å²) in [6.45, 7) is 4.20. The van der Waals surface area contributed by atoms with Gasteiger partial charge in [0.25, 0.3) is 5.56 Å². The van der Waals surface area contributed by atoms with Crippen molar-refractivity contribution in [3.63, 3.8) is 0 Å². The van der Waals surface area contributed by atoms with E-state index in [1.54, 1.807) is 12.4 Å². The second-order valence-electron chi connectivity index (χ2n) is 8.57. The molecule has 1 atom stereocenters. The lowest BCUT2D eigenvalue weighted by Gasteiger charge is -2.32. The topological polar surface area (TPSA) is 97.1 Å². The molecule has 1 aliphatic heterocycles. The Kier molecular flexibility index (Phi) is 5.67. The third-order valence-corrected chi connectivity index (χ3v) is 5.84. The Bertz CT molecular complexity index is 1130. The lowest BCUT2D eigenvalue weighted by atomic mass is 9.87. The molecule has 1 aliphatic rings. The number of aromatic nitrogens is 3. The molecule has 1 aromatic carbocycles. The predicted octanol–water partition coefficient (Wildman–Crippen LogP) is 3.49. The van der Waals surface area contributed by atoms with Gasteiger partial charge < -0.3 is 14.6 Å². The van der Waals surface area contributed by atoms with Crippen molar-refractivity contribution in [1.29, 1.82) is 0 Å². The average molecular weight is 421 g/mol. The van der Waals surface area contributed by atoms with Gasteiger partial charge >= 0.3 is 5.97 Å². The van der Waals surface area contributed by atoms with Gasteiger partial charge in [0.2, 0.25) is 0 Å². The van der Waals surface area contributed by atoms with Crippen LogP contribution in [0.3, 0.4) is 0 Å². The number of hydrogen-bond donors (Lipinski definition) is 2.